The number of rotatable bonds is 29. The van der Waals surface area contributed by atoms with Crippen molar-refractivity contribution < 1.29 is 382 Å². The fourth-order valence-corrected chi connectivity index (χ4v) is 2.99. The van der Waals surface area contributed by atoms with Gasteiger partial charge in [-0.1, -0.05) is 79.6 Å². The number of esters is 8. The Balaban J connectivity index is -0.0000000596. The van der Waals surface area contributed by atoms with E-state index in [0.29, 0.717) is 16.7 Å². The Morgan fingerprint density at radius 2 is 0.750 bits per heavy atom. The van der Waals surface area contributed by atoms with Crippen LogP contribution in [-0.4, -0.2) is 196 Å². The summed E-state index contributed by atoms with van der Waals surface area (Å²) >= 11 is 0. The van der Waals surface area contributed by atoms with Crippen molar-refractivity contribution in [3.8, 4) is 0 Å². The van der Waals surface area contributed by atoms with Gasteiger partial charge in [-0.15, -0.1) is 5.06 Å². The van der Waals surface area contributed by atoms with Crippen LogP contribution in [-0.2, 0) is 115 Å². The molecule has 1 aliphatic heterocycles. The van der Waals surface area contributed by atoms with Crippen molar-refractivity contribution in [2.24, 2.45) is 0 Å². The molecule has 558 valence electrons. The Kier molecular flexibility index (Phi) is 126. The number of hydrogen-bond acceptors (Lipinski definition) is 34. The topological polar surface area (TPSA) is 541 Å². The normalized spacial score (nSPS) is 9.89. The van der Waals surface area contributed by atoms with Crippen LogP contribution in [0, 0.1) is 0 Å². The van der Waals surface area contributed by atoms with Crippen LogP contribution >= 0.6 is 0 Å². The molecule has 0 aromatic carbocycles. The SMILES string of the molecule is C=C(C)C(=O)OC1COC(=O)C1.C=C(C)C(=O)OCC(O)CO.C=C(C)C(=O)OCCO.C=C(C)C(=O)OCCOC(=O)CCC(=O)[O-].C=C(C)C(=O)ON(C)C.C=C(C)C(=O)[O-].C=C(C)C(=O)[O-].C=C(C)C(=O)[O-].C=C(C)C(=O)[O-].C=CC(=O)OCCOC(=O)CCC(=O)[O-].CC.[K+].[K+].[Na+].[Na+].[Na+].[Na+]. The van der Waals surface area contributed by atoms with Gasteiger partial charge in [0.05, 0.1) is 56.4 Å². The summed E-state index contributed by atoms with van der Waals surface area (Å²) in [6.07, 6.45) is -1.57. The predicted octanol–water partition coefficient (Wildman–Crippen LogP) is -21.2. The molecule has 0 amide bonds. The monoisotopic (exact) mass is 1570 g/mol. The second-order valence-electron chi connectivity index (χ2n) is 18.3. The van der Waals surface area contributed by atoms with Crippen molar-refractivity contribution in [1.82, 2.24) is 5.06 Å². The molecule has 0 spiro atoms. The van der Waals surface area contributed by atoms with E-state index in [9.17, 15) is 103 Å². The van der Waals surface area contributed by atoms with Crippen LogP contribution in [0.3, 0.4) is 0 Å². The third kappa shape index (κ3) is 125. The van der Waals surface area contributed by atoms with E-state index < -0.39 is 96.4 Å². The number of ether oxygens (including phenoxy) is 8. The average molecular weight is 1570 g/mol. The van der Waals surface area contributed by atoms with Crippen molar-refractivity contribution in [2.75, 3.05) is 73.6 Å². The summed E-state index contributed by atoms with van der Waals surface area (Å²) in [5.41, 5.74) is 1.87. The van der Waals surface area contributed by atoms with Crippen LogP contribution in [0.25, 0.3) is 0 Å². The first-order valence-electron chi connectivity index (χ1n) is 27.9. The van der Waals surface area contributed by atoms with Gasteiger partial charge in [-0.3, -0.25) is 14.4 Å². The number of carbonyl (C=O) groups excluding carboxylic acids is 15. The van der Waals surface area contributed by atoms with E-state index in [2.05, 4.69) is 104 Å². The molecular formula is C64H93K2NNa4O33. The Bertz CT molecular complexity index is 2570. The summed E-state index contributed by atoms with van der Waals surface area (Å²) in [7, 11) is 3.28. The maximum absolute atomic E-state index is 10.9. The molecule has 0 aromatic heterocycles. The number of carboxylic acids is 6. The van der Waals surface area contributed by atoms with Crippen LogP contribution in [0.15, 0.2) is 122 Å². The van der Waals surface area contributed by atoms with Crippen LogP contribution in [0.1, 0.15) is 108 Å². The number of hydroxylamine groups is 2. The minimum Gasteiger partial charge on any atom is -0.550 e. The van der Waals surface area contributed by atoms with E-state index in [4.69, 9.17) is 20.1 Å². The standard InChI is InChI=1S/C10H14O6.C9H12O6.C8H10O4.C7H12O4.C6H11NO2.C6H10O3.4C4H6O2.C2H6.2K.4Na/c1-7(2)10(14)16-6-5-15-9(13)4-3-8(11)12;1-2-8(12)14-5-6-15-9(13)4-3-7(10)11;1-5(2)8(10)12-6-3-7(9)11-4-6;1-5(2)7(10)11-4-6(9)3-8;1-5(2)6(8)9-7(3)4;1-5(2)6(8)9-4-3-7;4*1-3(2)4(5)6;1-2;;;;;;/h1,3-6H2,2H3,(H,11,12);2H,1,3-6H2,(H,10,11);6H,1,3-4H2,2H3;6,8-9H,1,3-4H2,2H3;1H2,2-4H3;7H,1,3-4H2,2H3;4*1H2,2H3,(H,5,6);1-2H3;;;;;;/q;;;;;;;;;;;6*+1/p-6. The molecular weight excluding hydrogens is 1480 g/mol. The van der Waals surface area contributed by atoms with E-state index in [1.54, 1.807) is 34.9 Å². The number of aliphatic carboxylic acids is 6. The van der Waals surface area contributed by atoms with Crippen LogP contribution in [0.5, 0.6) is 0 Å². The van der Waals surface area contributed by atoms with Gasteiger partial charge in [0.25, 0.3) is 0 Å². The summed E-state index contributed by atoms with van der Waals surface area (Å²) in [5, 5.41) is 84.5. The zero-order chi connectivity index (χ0) is 79.6. The predicted molar refractivity (Wildman–Crippen MR) is 335 cm³/mol. The molecule has 3 N–H and O–H groups in total. The van der Waals surface area contributed by atoms with Crippen molar-refractivity contribution in [3.05, 3.63) is 122 Å². The number of hydrogen-bond donors (Lipinski definition) is 3. The maximum Gasteiger partial charge on any atom is 1.00 e. The first-order chi connectivity index (χ1) is 44.9. The summed E-state index contributed by atoms with van der Waals surface area (Å²) in [6, 6.07) is 0. The van der Waals surface area contributed by atoms with Crippen LogP contribution in [0.2, 0.25) is 0 Å². The van der Waals surface area contributed by atoms with Crippen molar-refractivity contribution in [3.63, 3.8) is 0 Å². The van der Waals surface area contributed by atoms with E-state index >= 15 is 0 Å². The number of nitrogens with zero attached hydrogens (tertiary/aromatic N) is 1. The Morgan fingerprint density at radius 1 is 0.471 bits per heavy atom. The van der Waals surface area contributed by atoms with Gasteiger partial charge in [-0.25, -0.2) is 28.8 Å². The van der Waals surface area contributed by atoms with Gasteiger partial charge >= 0.3 is 275 Å². The molecule has 1 heterocycles. The third-order valence-electron chi connectivity index (χ3n) is 7.85. The average Bonchev–Trinajstić information content (AvgIpc) is 1.78. The fraction of sp³-hybridized carbons (Fsp3) is 0.453. The largest absolute Gasteiger partial charge is 1.00 e. The Morgan fingerprint density at radius 3 is 0.971 bits per heavy atom. The molecule has 104 heavy (non-hydrogen) atoms. The van der Waals surface area contributed by atoms with Crippen LogP contribution < -0.4 is 252 Å². The van der Waals surface area contributed by atoms with Crippen LogP contribution in [0.4, 0.5) is 0 Å². The van der Waals surface area contributed by atoms with E-state index in [-0.39, 0.29) is 351 Å². The van der Waals surface area contributed by atoms with Gasteiger partial charge in [0.1, 0.15) is 58.5 Å². The van der Waals surface area contributed by atoms with Gasteiger partial charge in [0.2, 0.25) is 0 Å². The quantitative estimate of drug-likeness (QED) is 0.0156. The zero-order valence-corrected chi connectivity index (χ0v) is 78.0. The van der Waals surface area contributed by atoms with Gasteiger partial charge < -0.3 is 117 Å². The molecule has 0 bridgehead atoms. The summed E-state index contributed by atoms with van der Waals surface area (Å²) in [6.45, 7) is 48.8. The summed E-state index contributed by atoms with van der Waals surface area (Å²) in [5.74, 6) is -12.1. The first-order valence-corrected chi connectivity index (χ1v) is 27.9. The van der Waals surface area contributed by atoms with E-state index in [1.165, 1.54) is 46.6 Å². The Hall–Kier alpha value is -3.44. The molecule has 0 aromatic rings. The number of aliphatic hydroxyl groups is 3. The van der Waals surface area contributed by atoms with E-state index in [0.717, 1.165) is 6.08 Å². The molecule has 0 radical (unpaired) electrons. The minimum absolute atomic E-state index is 0. The number of cyclic esters (lactones) is 1. The van der Waals surface area contributed by atoms with Gasteiger partial charge in [-0.05, 0) is 97.4 Å². The third-order valence-corrected chi connectivity index (χ3v) is 7.85. The first kappa shape index (κ1) is 139. The zero-order valence-electron chi connectivity index (χ0n) is 63.7. The molecule has 40 heteroatoms. The van der Waals surface area contributed by atoms with Crippen molar-refractivity contribution in [1.29, 1.82) is 0 Å². The molecule has 34 nitrogen and oxygen atoms in total. The van der Waals surface area contributed by atoms with Crippen molar-refractivity contribution in [2.45, 2.75) is 120 Å². The Labute approximate surface area is 781 Å². The summed E-state index contributed by atoms with van der Waals surface area (Å²) in [4.78, 5) is 159. The molecule has 1 fully saturated rings. The van der Waals surface area contributed by atoms with Crippen molar-refractivity contribution >= 4 is 89.5 Å². The molecule has 1 aliphatic rings. The molecule has 1 saturated heterocycles. The second-order valence-corrected chi connectivity index (χ2v) is 18.3. The second kappa shape index (κ2) is 93.8. The number of aliphatic hydroxyl groups excluding tert-OH is 3. The molecule has 0 saturated carbocycles. The smallest absolute Gasteiger partial charge is 0.550 e. The minimum atomic E-state index is -1.31. The molecule has 0 aliphatic carbocycles. The fourth-order valence-electron chi connectivity index (χ4n) is 2.99. The summed E-state index contributed by atoms with van der Waals surface area (Å²) < 4.78 is 36.7. The van der Waals surface area contributed by atoms with Gasteiger partial charge in [0, 0.05) is 60.0 Å². The molecule has 2 atom stereocenters. The molecule has 2 unspecified atom stereocenters. The number of carboxylic acid groups (broad SMARTS) is 6. The number of carbonyl (C=O) groups is 15. The van der Waals surface area contributed by atoms with E-state index in [1.807, 2.05) is 13.8 Å². The maximum atomic E-state index is 10.9. The molecule has 1 rings (SSSR count). The van der Waals surface area contributed by atoms with Gasteiger partial charge in [-0.2, -0.15) is 0 Å². The van der Waals surface area contributed by atoms with Gasteiger partial charge in [0.15, 0.2) is 0 Å².